The lowest BCUT2D eigenvalue weighted by atomic mass is 10.2. The second-order valence-electron chi connectivity index (χ2n) is 4.70. The summed E-state index contributed by atoms with van der Waals surface area (Å²) in [6.07, 6.45) is -2.00. The van der Waals surface area contributed by atoms with Crippen LogP contribution in [-0.2, 0) is 6.54 Å². The zero-order valence-corrected chi connectivity index (χ0v) is 12.1. The molecule has 1 N–H and O–H groups in total. The number of nitrogens with one attached hydrogen (secondary N) is 1. The van der Waals surface area contributed by atoms with Gasteiger partial charge in [0.15, 0.2) is 0 Å². The Morgan fingerprint density at radius 1 is 1.18 bits per heavy atom. The summed E-state index contributed by atoms with van der Waals surface area (Å²) in [5.74, 6) is 0.927. The Labute approximate surface area is 125 Å². The van der Waals surface area contributed by atoms with Gasteiger partial charge in [0.2, 0.25) is 0 Å². The van der Waals surface area contributed by atoms with Gasteiger partial charge in [-0.25, -0.2) is 9.97 Å². The maximum absolute atomic E-state index is 12.0. The predicted molar refractivity (Wildman–Crippen MR) is 76.8 cm³/mol. The van der Waals surface area contributed by atoms with Crippen molar-refractivity contribution in [2.75, 3.05) is 24.3 Å². The van der Waals surface area contributed by atoms with E-state index in [0.717, 1.165) is 17.6 Å². The van der Waals surface area contributed by atoms with Crippen LogP contribution in [0.5, 0.6) is 5.75 Å². The van der Waals surface area contributed by atoms with Crippen molar-refractivity contribution in [3.8, 4) is 5.75 Å². The highest BCUT2D eigenvalue weighted by Crippen LogP contribution is 2.22. The molecule has 2 aromatic rings. The number of halogens is 3. The highest BCUT2D eigenvalue weighted by molar-refractivity contribution is 5.42. The largest absolute Gasteiger partial charge is 0.573 e. The summed E-state index contributed by atoms with van der Waals surface area (Å²) in [6.45, 7) is 0.482. The number of hydrogen-bond donors (Lipinski definition) is 1. The first kappa shape index (κ1) is 15.9. The summed E-state index contributed by atoms with van der Waals surface area (Å²) in [4.78, 5) is 9.95. The third-order valence-electron chi connectivity index (χ3n) is 2.71. The molecule has 0 aliphatic carbocycles. The fraction of sp³-hybridized carbons (Fsp3) is 0.286. The second-order valence-corrected chi connectivity index (χ2v) is 4.70. The van der Waals surface area contributed by atoms with E-state index in [0.29, 0.717) is 12.4 Å². The predicted octanol–water partition coefficient (Wildman–Crippen LogP) is 3.05. The molecule has 0 aliphatic heterocycles. The molecule has 5 nitrogen and oxygen atoms in total. The SMILES string of the molecule is CN(C)c1cc(CNc2ccc(OC(F)(F)F)cn2)ccn1. The Kier molecular flexibility index (Phi) is 4.69. The molecule has 22 heavy (non-hydrogen) atoms. The van der Waals surface area contributed by atoms with Crippen molar-refractivity contribution in [3.63, 3.8) is 0 Å². The molecular formula is C14H15F3N4O. The van der Waals surface area contributed by atoms with Gasteiger partial charge in [0, 0.05) is 26.8 Å². The van der Waals surface area contributed by atoms with E-state index in [9.17, 15) is 13.2 Å². The number of alkyl halides is 3. The Bertz CT molecular complexity index is 614. The molecule has 0 amide bonds. The summed E-state index contributed by atoms with van der Waals surface area (Å²) in [7, 11) is 3.78. The number of aromatic nitrogens is 2. The molecule has 0 saturated carbocycles. The number of ether oxygens (including phenoxy) is 1. The molecule has 0 fully saturated rings. The number of pyridine rings is 2. The van der Waals surface area contributed by atoms with Crippen molar-refractivity contribution in [2.45, 2.75) is 12.9 Å². The molecule has 0 bridgehead atoms. The molecule has 118 valence electrons. The van der Waals surface area contributed by atoms with Gasteiger partial charge in [0.05, 0.1) is 6.20 Å². The van der Waals surface area contributed by atoms with Crippen LogP contribution in [0.3, 0.4) is 0 Å². The van der Waals surface area contributed by atoms with E-state index in [1.807, 2.05) is 31.1 Å². The minimum atomic E-state index is -4.71. The molecule has 2 heterocycles. The standard InChI is InChI=1S/C14H15F3N4O/c1-21(2)13-7-10(5-6-18-13)8-19-12-4-3-11(9-20-12)22-14(15,16)17/h3-7,9H,8H2,1-2H3,(H,19,20). The lowest BCUT2D eigenvalue weighted by Crippen LogP contribution is -2.17. The van der Waals surface area contributed by atoms with Crippen LogP contribution in [0.1, 0.15) is 5.56 Å². The van der Waals surface area contributed by atoms with Crippen LogP contribution in [0.4, 0.5) is 24.8 Å². The van der Waals surface area contributed by atoms with Crippen LogP contribution in [0.25, 0.3) is 0 Å². The Morgan fingerprint density at radius 3 is 2.55 bits per heavy atom. The third kappa shape index (κ3) is 4.80. The van der Waals surface area contributed by atoms with Crippen LogP contribution < -0.4 is 15.0 Å². The van der Waals surface area contributed by atoms with Gasteiger partial charge in [-0.3, -0.25) is 0 Å². The number of rotatable bonds is 5. The third-order valence-corrected chi connectivity index (χ3v) is 2.71. The minimum Gasteiger partial charge on any atom is -0.404 e. The fourth-order valence-electron chi connectivity index (χ4n) is 1.69. The first-order chi connectivity index (χ1) is 10.3. The van der Waals surface area contributed by atoms with Gasteiger partial charge in [-0.15, -0.1) is 13.2 Å². The zero-order valence-electron chi connectivity index (χ0n) is 12.1. The zero-order chi connectivity index (χ0) is 16.2. The van der Waals surface area contributed by atoms with E-state index in [-0.39, 0.29) is 5.75 Å². The molecule has 0 saturated heterocycles. The van der Waals surface area contributed by atoms with Crippen LogP contribution in [0, 0.1) is 0 Å². The molecule has 0 aliphatic rings. The average molecular weight is 312 g/mol. The first-order valence-electron chi connectivity index (χ1n) is 6.41. The number of nitrogens with zero attached hydrogens (tertiary/aromatic N) is 3. The Balaban J connectivity index is 1.96. The summed E-state index contributed by atoms with van der Waals surface area (Å²) in [5.41, 5.74) is 0.983. The minimum absolute atomic E-state index is 0.350. The number of hydrogen-bond acceptors (Lipinski definition) is 5. The molecule has 0 unspecified atom stereocenters. The molecule has 8 heteroatoms. The maximum Gasteiger partial charge on any atom is 0.573 e. The smallest absolute Gasteiger partial charge is 0.404 e. The summed E-state index contributed by atoms with van der Waals surface area (Å²) >= 11 is 0. The highest BCUT2D eigenvalue weighted by Gasteiger charge is 2.31. The van der Waals surface area contributed by atoms with Gasteiger partial charge in [0.1, 0.15) is 17.4 Å². The van der Waals surface area contributed by atoms with E-state index in [1.54, 1.807) is 6.20 Å². The number of anilines is 2. The van der Waals surface area contributed by atoms with E-state index in [2.05, 4.69) is 20.0 Å². The van der Waals surface area contributed by atoms with Crippen molar-refractivity contribution in [1.29, 1.82) is 0 Å². The van der Waals surface area contributed by atoms with Crippen LogP contribution in [0.2, 0.25) is 0 Å². The van der Waals surface area contributed by atoms with Crippen LogP contribution >= 0.6 is 0 Å². The molecule has 0 aromatic carbocycles. The summed E-state index contributed by atoms with van der Waals surface area (Å²) in [5, 5.41) is 3.02. The summed E-state index contributed by atoms with van der Waals surface area (Å²) < 4.78 is 39.9. The molecule has 0 atom stereocenters. The van der Waals surface area contributed by atoms with Gasteiger partial charge in [-0.05, 0) is 29.8 Å². The quantitative estimate of drug-likeness (QED) is 0.919. The van der Waals surface area contributed by atoms with Gasteiger partial charge in [0.25, 0.3) is 0 Å². The maximum atomic E-state index is 12.0. The van der Waals surface area contributed by atoms with E-state index >= 15 is 0 Å². The lowest BCUT2D eigenvalue weighted by Gasteiger charge is -2.13. The lowest BCUT2D eigenvalue weighted by molar-refractivity contribution is -0.274. The highest BCUT2D eigenvalue weighted by atomic mass is 19.4. The van der Waals surface area contributed by atoms with Crippen molar-refractivity contribution in [2.24, 2.45) is 0 Å². The topological polar surface area (TPSA) is 50.3 Å². The Hall–Kier alpha value is -2.51. The summed E-state index contributed by atoms with van der Waals surface area (Å²) in [6, 6.07) is 6.39. The first-order valence-corrected chi connectivity index (χ1v) is 6.41. The normalized spacial score (nSPS) is 11.1. The van der Waals surface area contributed by atoms with Gasteiger partial charge in [-0.1, -0.05) is 0 Å². The molecular weight excluding hydrogens is 297 g/mol. The average Bonchev–Trinajstić information content (AvgIpc) is 2.45. The fourth-order valence-corrected chi connectivity index (χ4v) is 1.69. The van der Waals surface area contributed by atoms with Crippen molar-refractivity contribution < 1.29 is 17.9 Å². The monoisotopic (exact) mass is 312 g/mol. The molecule has 0 radical (unpaired) electrons. The molecule has 2 rings (SSSR count). The van der Waals surface area contributed by atoms with E-state index in [1.165, 1.54) is 12.1 Å². The van der Waals surface area contributed by atoms with Crippen LogP contribution in [-0.4, -0.2) is 30.4 Å². The van der Waals surface area contributed by atoms with Crippen LogP contribution in [0.15, 0.2) is 36.7 Å². The molecule has 2 aromatic heterocycles. The second kappa shape index (κ2) is 6.50. The van der Waals surface area contributed by atoms with Gasteiger partial charge < -0.3 is 15.0 Å². The Morgan fingerprint density at radius 2 is 1.95 bits per heavy atom. The van der Waals surface area contributed by atoms with Crippen molar-refractivity contribution in [3.05, 3.63) is 42.2 Å². The van der Waals surface area contributed by atoms with Gasteiger partial charge >= 0.3 is 6.36 Å². The van der Waals surface area contributed by atoms with Crippen molar-refractivity contribution >= 4 is 11.6 Å². The van der Waals surface area contributed by atoms with Crippen molar-refractivity contribution in [1.82, 2.24) is 9.97 Å². The molecule has 0 spiro atoms. The van der Waals surface area contributed by atoms with Gasteiger partial charge in [-0.2, -0.15) is 0 Å². The van der Waals surface area contributed by atoms with E-state index in [4.69, 9.17) is 0 Å². The van der Waals surface area contributed by atoms with E-state index < -0.39 is 6.36 Å².